The molecule has 4 rings (SSSR count). The van der Waals surface area contributed by atoms with Gasteiger partial charge in [-0.25, -0.2) is 0 Å². The van der Waals surface area contributed by atoms with E-state index < -0.39 is 17.7 Å². The minimum Gasteiger partial charge on any atom is -0.507 e. The number of aryl methyl sites for hydroxylation is 1. The number of ketones is 1. The Labute approximate surface area is 207 Å². The van der Waals surface area contributed by atoms with Crippen LogP contribution in [0, 0.1) is 6.92 Å². The van der Waals surface area contributed by atoms with E-state index in [0.717, 1.165) is 22.4 Å². The molecule has 3 aromatic rings. The van der Waals surface area contributed by atoms with Gasteiger partial charge in [-0.2, -0.15) is 0 Å². The van der Waals surface area contributed by atoms with E-state index in [2.05, 4.69) is 20.8 Å². The van der Waals surface area contributed by atoms with Crippen LogP contribution in [-0.4, -0.2) is 30.9 Å². The first kappa shape index (κ1) is 24.3. The highest BCUT2D eigenvalue weighted by Crippen LogP contribution is 2.43. The van der Waals surface area contributed by atoms with Crippen LogP contribution in [0.25, 0.3) is 5.76 Å². The fourth-order valence-electron chi connectivity index (χ4n) is 4.45. The number of rotatable bonds is 4. The topological polar surface area (TPSA) is 60.9 Å². The molecule has 1 aliphatic rings. The number of aliphatic hydroxyl groups excluding tert-OH is 1. The lowest BCUT2D eigenvalue weighted by Gasteiger charge is -2.26. The second-order valence-corrected chi connectivity index (χ2v) is 10.3. The van der Waals surface area contributed by atoms with Gasteiger partial charge in [-0.05, 0) is 59.4 Å². The number of hydrogen-bond acceptors (Lipinski definition) is 4. The summed E-state index contributed by atoms with van der Waals surface area (Å²) in [4.78, 5) is 30.3. The van der Waals surface area contributed by atoms with Crippen LogP contribution in [0.3, 0.4) is 0 Å². The van der Waals surface area contributed by atoms with E-state index in [1.165, 1.54) is 4.90 Å². The van der Waals surface area contributed by atoms with Gasteiger partial charge in [0.2, 0.25) is 0 Å². The monoisotopic (exact) mass is 468 g/mol. The number of amides is 1. The normalized spacial score (nSPS) is 17.7. The first-order valence-electron chi connectivity index (χ1n) is 11.8. The van der Waals surface area contributed by atoms with Crippen molar-refractivity contribution in [3.8, 4) is 0 Å². The third-order valence-corrected chi connectivity index (χ3v) is 6.56. The van der Waals surface area contributed by atoms with Gasteiger partial charge in [0.15, 0.2) is 0 Å². The van der Waals surface area contributed by atoms with Crippen LogP contribution in [0.4, 0.5) is 11.4 Å². The number of Topliss-reactive ketones (excluding diaryl/α,β-unsaturated/α-hetero) is 1. The fourth-order valence-corrected chi connectivity index (χ4v) is 4.45. The Balaban J connectivity index is 1.96. The maximum Gasteiger partial charge on any atom is 0.300 e. The lowest BCUT2D eigenvalue weighted by molar-refractivity contribution is -0.132. The van der Waals surface area contributed by atoms with Crippen molar-refractivity contribution in [3.63, 3.8) is 0 Å². The summed E-state index contributed by atoms with van der Waals surface area (Å²) in [6.45, 7) is 8.20. The van der Waals surface area contributed by atoms with E-state index in [1.54, 1.807) is 12.1 Å². The molecule has 1 heterocycles. The van der Waals surface area contributed by atoms with E-state index in [0.29, 0.717) is 11.3 Å². The fraction of sp³-hybridized carbons (Fsp3) is 0.267. The van der Waals surface area contributed by atoms with Crippen molar-refractivity contribution >= 4 is 28.8 Å². The molecule has 1 fully saturated rings. The molecule has 0 saturated carbocycles. The molecular weight excluding hydrogens is 436 g/mol. The number of anilines is 2. The lowest BCUT2D eigenvalue weighted by atomic mass is 9.84. The Hall–Kier alpha value is -3.86. The summed E-state index contributed by atoms with van der Waals surface area (Å²) in [5.41, 5.74) is 4.76. The highest BCUT2D eigenvalue weighted by Gasteiger charge is 2.47. The predicted molar refractivity (Wildman–Crippen MR) is 142 cm³/mol. The molecule has 35 heavy (non-hydrogen) atoms. The minimum absolute atomic E-state index is 0.102. The van der Waals surface area contributed by atoms with Crippen LogP contribution in [0.5, 0.6) is 0 Å². The van der Waals surface area contributed by atoms with Gasteiger partial charge < -0.3 is 10.0 Å². The molecule has 5 heteroatoms. The van der Waals surface area contributed by atoms with Crippen molar-refractivity contribution in [3.05, 3.63) is 101 Å². The molecule has 0 aromatic heterocycles. The van der Waals surface area contributed by atoms with E-state index in [1.807, 2.05) is 86.6 Å². The standard InChI is InChI=1S/C30H32N2O3/c1-19-12-15-21(30(2,3)4)18-24(19)27(33)25-26(20-13-16-22(17-14-20)31(5)6)32(29(35)28(25)34)23-10-8-7-9-11-23/h7-18,26,33H,1-6H3/b27-25+. The summed E-state index contributed by atoms with van der Waals surface area (Å²) in [6, 6.07) is 22.0. The van der Waals surface area contributed by atoms with Gasteiger partial charge in [-0.1, -0.05) is 63.2 Å². The van der Waals surface area contributed by atoms with Crippen LogP contribution in [-0.2, 0) is 15.0 Å². The van der Waals surface area contributed by atoms with Gasteiger partial charge in [-0.3, -0.25) is 14.5 Å². The van der Waals surface area contributed by atoms with Crippen molar-refractivity contribution < 1.29 is 14.7 Å². The maximum absolute atomic E-state index is 13.4. The third kappa shape index (κ3) is 4.46. The number of benzene rings is 3. The van der Waals surface area contributed by atoms with Crippen molar-refractivity contribution in [2.75, 3.05) is 23.9 Å². The zero-order chi connectivity index (χ0) is 25.5. The predicted octanol–water partition coefficient (Wildman–Crippen LogP) is 5.98. The second-order valence-electron chi connectivity index (χ2n) is 10.3. The number of aliphatic hydroxyl groups is 1. The van der Waals surface area contributed by atoms with Crippen molar-refractivity contribution in [1.82, 2.24) is 0 Å². The van der Waals surface area contributed by atoms with Crippen LogP contribution in [0.1, 0.15) is 49.1 Å². The molecule has 180 valence electrons. The highest BCUT2D eigenvalue weighted by atomic mass is 16.3. The number of carbonyl (C=O) groups excluding carboxylic acids is 2. The van der Waals surface area contributed by atoms with E-state index >= 15 is 0 Å². The number of carbonyl (C=O) groups is 2. The lowest BCUT2D eigenvalue weighted by Crippen LogP contribution is -2.29. The molecule has 1 aliphatic heterocycles. The van der Waals surface area contributed by atoms with Crippen molar-refractivity contribution in [2.24, 2.45) is 0 Å². The van der Waals surface area contributed by atoms with Crippen LogP contribution in [0.2, 0.25) is 0 Å². The van der Waals surface area contributed by atoms with E-state index in [9.17, 15) is 14.7 Å². The first-order valence-corrected chi connectivity index (χ1v) is 11.8. The Morgan fingerprint density at radius 3 is 2.11 bits per heavy atom. The second kappa shape index (κ2) is 9.06. The van der Waals surface area contributed by atoms with E-state index in [4.69, 9.17) is 0 Å². The summed E-state index contributed by atoms with van der Waals surface area (Å²) in [6.07, 6.45) is 0. The number of hydrogen-bond donors (Lipinski definition) is 1. The van der Waals surface area contributed by atoms with Crippen LogP contribution < -0.4 is 9.80 Å². The largest absolute Gasteiger partial charge is 0.507 e. The molecule has 0 radical (unpaired) electrons. The molecule has 3 aromatic carbocycles. The molecular formula is C30H32N2O3. The number of para-hydroxylation sites is 1. The highest BCUT2D eigenvalue weighted by molar-refractivity contribution is 6.51. The zero-order valence-electron chi connectivity index (χ0n) is 21.2. The number of nitrogens with zero attached hydrogens (tertiary/aromatic N) is 2. The average molecular weight is 469 g/mol. The van der Waals surface area contributed by atoms with Crippen LogP contribution >= 0.6 is 0 Å². The van der Waals surface area contributed by atoms with E-state index in [-0.39, 0.29) is 16.7 Å². The molecule has 1 unspecified atom stereocenters. The maximum atomic E-state index is 13.4. The summed E-state index contributed by atoms with van der Waals surface area (Å²) in [5.74, 6) is -1.48. The smallest absolute Gasteiger partial charge is 0.300 e. The SMILES string of the molecule is Cc1ccc(C(C)(C)C)cc1/C(O)=C1\C(=O)C(=O)N(c2ccccc2)C1c1ccc(N(C)C)cc1. The zero-order valence-corrected chi connectivity index (χ0v) is 21.2. The van der Waals surface area contributed by atoms with Gasteiger partial charge in [0.25, 0.3) is 11.7 Å². The Kier molecular flexibility index (Phi) is 6.28. The molecule has 1 atom stereocenters. The summed E-state index contributed by atoms with van der Waals surface area (Å²) in [5, 5.41) is 11.6. The molecule has 1 amide bonds. The summed E-state index contributed by atoms with van der Waals surface area (Å²) in [7, 11) is 3.91. The molecule has 5 nitrogen and oxygen atoms in total. The summed E-state index contributed by atoms with van der Waals surface area (Å²) < 4.78 is 0. The quantitative estimate of drug-likeness (QED) is 0.290. The average Bonchev–Trinajstić information content (AvgIpc) is 3.09. The van der Waals surface area contributed by atoms with Gasteiger partial charge in [0.1, 0.15) is 5.76 Å². The Morgan fingerprint density at radius 2 is 1.54 bits per heavy atom. The van der Waals surface area contributed by atoms with Crippen molar-refractivity contribution in [1.29, 1.82) is 0 Å². The van der Waals surface area contributed by atoms with Gasteiger partial charge in [0.05, 0.1) is 11.6 Å². The van der Waals surface area contributed by atoms with Gasteiger partial charge in [0, 0.05) is 31.0 Å². The van der Waals surface area contributed by atoms with Gasteiger partial charge in [-0.15, -0.1) is 0 Å². The summed E-state index contributed by atoms with van der Waals surface area (Å²) >= 11 is 0. The Morgan fingerprint density at radius 1 is 0.914 bits per heavy atom. The van der Waals surface area contributed by atoms with Crippen molar-refractivity contribution in [2.45, 2.75) is 39.2 Å². The molecule has 1 saturated heterocycles. The molecule has 0 spiro atoms. The third-order valence-electron chi connectivity index (χ3n) is 6.56. The van der Waals surface area contributed by atoms with Crippen LogP contribution in [0.15, 0.2) is 78.4 Å². The minimum atomic E-state index is -0.744. The van der Waals surface area contributed by atoms with Gasteiger partial charge >= 0.3 is 0 Å². The Bertz CT molecular complexity index is 1300. The molecule has 0 aliphatic carbocycles. The molecule has 1 N–H and O–H groups in total. The first-order chi connectivity index (χ1) is 16.5. The molecule has 0 bridgehead atoms.